The number of fused-ring (bicyclic) bond motifs is 4. The molecule has 4 nitrogen and oxygen atoms in total. The average Bonchev–Trinajstić information content (AvgIpc) is 2.96. The third-order valence-electron chi connectivity index (χ3n) is 6.77. The fraction of sp³-hybridized carbons (Fsp3) is 0.520. The Bertz CT molecular complexity index is 892. The maximum Gasteiger partial charge on any atom is 0.161 e. The van der Waals surface area contributed by atoms with Crippen molar-refractivity contribution in [1.29, 1.82) is 0 Å². The number of phenolic OH excluding ortho intramolecular Hbond substituents is 2. The van der Waals surface area contributed by atoms with Gasteiger partial charge in [-0.15, -0.1) is 0 Å². The Hall–Kier alpha value is -2.36. The summed E-state index contributed by atoms with van der Waals surface area (Å²) in [4.78, 5) is 0. The summed E-state index contributed by atoms with van der Waals surface area (Å²) in [6.07, 6.45) is 1.85. The van der Waals surface area contributed by atoms with Gasteiger partial charge >= 0.3 is 0 Å². The zero-order valence-corrected chi connectivity index (χ0v) is 18.3. The Kier molecular flexibility index (Phi) is 4.34. The van der Waals surface area contributed by atoms with Crippen molar-refractivity contribution in [2.24, 2.45) is 0 Å². The van der Waals surface area contributed by atoms with E-state index in [0.717, 1.165) is 24.0 Å². The van der Waals surface area contributed by atoms with Crippen molar-refractivity contribution in [3.8, 4) is 23.0 Å². The highest BCUT2D eigenvalue weighted by atomic mass is 16.5. The second-order valence-electron chi connectivity index (χ2n) is 9.80. The van der Waals surface area contributed by atoms with Crippen molar-refractivity contribution in [2.45, 2.75) is 70.6 Å². The smallest absolute Gasteiger partial charge is 0.161 e. The number of ether oxygens (including phenoxy) is 2. The van der Waals surface area contributed by atoms with Crippen molar-refractivity contribution in [2.75, 3.05) is 13.2 Å². The first-order chi connectivity index (χ1) is 13.6. The van der Waals surface area contributed by atoms with E-state index in [4.69, 9.17) is 9.47 Å². The molecule has 0 unspecified atom stereocenters. The summed E-state index contributed by atoms with van der Waals surface area (Å²) in [5.74, 6) is 1.46. The second-order valence-corrected chi connectivity index (χ2v) is 9.80. The third kappa shape index (κ3) is 2.79. The highest BCUT2D eigenvalue weighted by Crippen LogP contribution is 2.64. The molecule has 0 aliphatic heterocycles. The van der Waals surface area contributed by atoms with Crippen LogP contribution in [0.2, 0.25) is 0 Å². The molecule has 2 aliphatic carbocycles. The number of hydrogen-bond acceptors (Lipinski definition) is 4. The SMILES string of the molecule is CCOc1cc2c(cc1O)C1(CC2(C)C)CC(C)(C)c2cc(OCC)c(O)cc21. The van der Waals surface area contributed by atoms with E-state index in [-0.39, 0.29) is 27.7 Å². The molecule has 4 rings (SSSR count). The molecular weight excluding hydrogens is 364 g/mol. The quantitative estimate of drug-likeness (QED) is 0.712. The van der Waals surface area contributed by atoms with Gasteiger partial charge in [-0.2, -0.15) is 0 Å². The maximum atomic E-state index is 10.7. The number of phenols is 2. The van der Waals surface area contributed by atoms with Crippen molar-refractivity contribution >= 4 is 0 Å². The number of rotatable bonds is 4. The lowest BCUT2D eigenvalue weighted by Crippen LogP contribution is -2.26. The third-order valence-corrected chi connectivity index (χ3v) is 6.77. The predicted molar refractivity (Wildman–Crippen MR) is 115 cm³/mol. The van der Waals surface area contributed by atoms with Gasteiger partial charge in [0, 0.05) is 5.41 Å². The Morgan fingerprint density at radius 3 is 1.41 bits per heavy atom. The molecule has 0 fully saturated rings. The van der Waals surface area contributed by atoms with E-state index in [1.54, 1.807) is 0 Å². The number of benzene rings is 2. The van der Waals surface area contributed by atoms with Gasteiger partial charge in [0.15, 0.2) is 23.0 Å². The molecule has 2 aromatic rings. The van der Waals surface area contributed by atoms with Gasteiger partial charge in [-0.1, -0.05) is 27.7 Å². The van der Waals surface area contributed by atoms with Gasteiger partial charge < -0.3 is 19.7 Å². The molecule has 0 heterocycles. The molecule has 156 valence electrons. The van der Waals surface area contributed by atoms with Crippen molar-refractivity contribution in [3.05, 3.63) is 46.5 Å². The van der Waals surface area contributed by atoms with Gasteiger partial charge in [0.1, 0.15) is 0 Å². The molecule has 2 aromatic carbocycles. The van der Waals surface area contributed by atoms with Gasteiger partial charge in [0.25, 0.3) is 0 Å². The Morgan fingerprint density at radius 2 is 1.07 bits per heavy atom. The molecule has 0 radical (unpaired) electrons. The number of aromatic hydroxyl groups is 2. The Morgan fingerprint density at radius 1 is 0.690 bits per heavy atom. The lowest BCUT2D eigenvalue weighted by atomic mass is 9.72. The summed E-state index contributed by atoms with van der Waals surface area (Å²) in [6, 6.07) is 7.83. The molecule has 2 N–H and O–H groups in total. The largest absolute Gasteiger partial charge is 0.504 e. The molecule has 0 amide bonds. The molecule has 0 bridgehead atoms. The van der Waals surface area contributed by atoms with Crippen LogP contribution in [0.3, 0.4) is 0 Å². The summed E-state index contributed by atoms with van der Waals surface area (Å²) < 4.78 is 11.3. The zero-order chi connectivity index (χ0) is 21.2. The summed E-state index contributed by atoms with van der Waals surface area (Å²) in [5.41, 5.74) is 4.35. The first-order valence-corrected chi connectivity index (χ1v) is 10.6. The summed E-state index contributed by atoms with van der Waals surface area (Å²) >= 11 is 0. The van der Waals surface area contributed by atoms with Gasteiger partial charge in [0.2, 0.25) is 0 Å². The van der Waals surface area contributed by atoms with Crippen LogP contribution in [-0.2, 0) is 16.2 Å². The van der Waals surface area contributed by atoms with Gasteiger partial charge in [0.05, 0.1) is 13.2 Å². The first-order valence-electron chi connectivity index (χ1n) is 10.6. The van der Waals surface area contributed by atoms with E-state index >= 15 is 0 Å². The fourth-order valence-corrected chi connectivity index (χ4v) is 5.88. The van der Waals surface area contributed by atoms with E-state index in [2.05, 4.69) is 27.7 Å². The predicted octanol–water partition coefficient (Wildman–Crippen LogP) is 5.54. The first kappa shape index (κ1) is 19.9. The van der Waals surface area contributed by atoms with Crippen LogP contribution in [0.5, 0.6) is 23.0 Å². The van der Waals surface area contributed by atoms with Crippen LogP contribution in [0.4, 0.5) is 0 Å². The molecule has 0 aromatic heterocycles. The van der Waals surface area contributed by atoms with Crippen molar-refractivity contribution in [3.63, 3.8) is 0 Å². The van der Waals surface area contributed by atoms with E-state index < -0.39 is 0 Å². The molecule has 4 heteroatoms. The van der Waals surface area contributed by atoms with Crippen LogP contribution in [0.25, 0.3) is 0 Å². The van der Waals surface area contributed by atoms with Crippen LogP contribution >= 0.6 is 0 Å². The molecule has 29 heavy (non-hydrogen) atoms. The lowest BCUT2D eigenvalue weighted by molar-refractivity contribution is 0.317. The zero-order valence-electron chi connectivity index (χ0n) is 18.3. The molecule has 2 aliphatic rings. The second kappa shape index (κ2) is 6.32. The van der Waals surface area contributed by atoms with Gasteiger partial charge in [-0.25, -0.2) is 0 Å². The van der Waals surface area contributed by atoms with Crippen molar-refractivity contribution < 1.29 is 19.7 Å². The maximum absolute atomic E-state index is 10.7. The molecule has 1 spiro atoms. The van der Waals surface area contributed by atoms with E-state index in [1.165, 1.54) is 11.1 Å². The summed E-state index contributed by atoms with van der Waals surface area (Å²) in [5, 5.41) is 21.3. The minimum atomic E-state index is -0.248. The minimum absolute atomic E-state index is 0.0687. The lowest BCUT2D eigenvalue weighted by Gasteiger charge is -2.30. The highest BCUT2D eigenvalue weighted by Gasteiger charge is 2.56. The fourth-order valence-electron chi connectivity index (χ4n) is 5.88. The summed E-state index contributed by atoms with van der Waals surface area (Å²) in [7, 11) is 0. The Balaban J connectivity index is 1.97. The Labute approximate surface area is 173 Å². The van der Waals surface area contributed by atoms with Crippen LogP contribution in [0.15, 0.2) is 24.3 Å². The normalized spacial score (nSPS) is 19.8. The van der Waals surface area contributed by atoms with E-state index in [1.807, 2.05) is 38.1 Å². The number of hydrogen-bond donors (Lipinski definition) is 2. The molecule has 0 atom stereocenters. The van der Waals surface area contributed by atoms with Crippen LogP contribution in [-0.4, -0.2) is 23.4 Å². The average molecular weight is 397 g/mol. The van der Waals surface area contributed by atoms with E-state index in [0.29, 0.717) is 24.7 Å². The minimum Gasteiger partial charge on any atom is -0.504 e. The van der Waals surface area contributed by atoms with Crippen LogP contribution < -0.4 is 9.47 Å². The molecular formula is C25H32O4. The van der Waals surface area contributed by atoms with Crippen molar-refractivity contribution in [1.82, 2.24) is 0 Å². The standard InChI is InChI=1S/C25H32O4/c1-7-28-21-11-15-17(9-19(21)26)25(13-23(15,3)4)14-24(5,6)16-12-22(29-8-2)20(27)10-18(16)25/h9-12,26-27H,7-8,13-14H2,1-6H3. The highest BCUT2D eigenvalue weighted by molar-refractivity contribution is 5.65. The van der Waals surface area contributed by atoms with Crippen LogP contribution in [0, 0.1) is 0 Å². The molecule has 0 saturated carbocycles. The van der Waals surface area contributed by atoms with Gasteiger partial charge in [-0.05, 0) is 84.0 Å². The topological polar surface area (TPSA) is 58.9 Å². The van der Waals surface area contributed by atoms with E-state index in [9.17, 15) is 10.2 Å². The molecule has 0 saturated heterocycles. The summed E-state index contributed by atoms with van der Waals surface area (Å²) in [6.45, 7) is 13.9. The van der Waals surface area contributed by atoms with Crippen LogP contribution in [0.1, 0.15) is 76.6 Å². The van der Waals surface area contributed by atoms with Gasteiger partial charge in [-0.3, -0.25) is 0 Å². The monoisotopic (exact) mass is 396 g/mol.